The van der Waals surface area contributed by atoms with Crippen LogP contribution in [0.1, 0.15) is 44.9 Å². The fourth-order valence-electron chi connectivity index (χ4n) is 2.90. The van der Waals surface area contributed by atoms with Crippen LogP contribution in [0.25, 0.3) is 0 Å². The van der Waals surface area contributed by atoms with Crippen molar-refractivity contribution in [3.05, 3.63) is 0 Å². The number of ether oxygens (including phenoxy) is 2. The van der Waals surface area contributed by atoms with Gasteiger partial charge in [-0.15, -0.1) is 0 Å². The Morgan fingerprint density at radius 1 is 1.27 bits per heavy atom. The summed E-state index contributed by atoms with van der Waals surface area (Å²) in [5, 5.41) is 0. The van der Waals surface area contributed by atoms with E-state index in [0.717, 1.165) is 19.4 Å². The van der Waals surface area contributed by atoms with Crippen LogP contribution in [0.15, 0.2) is 0 Å². The minimum atomic E-state index is 0.162. The van der Waals surface area contributed by atoms with Gasteiger partial charge in [-0.2, -0.15) is 0 Å². The molecule has 1 spiro atoms. The first kappa shape index (κ1) is 11.4. The maximum absolute atomic E-state index is 6.01. The third kappa shape index (κ3) is 2.92. The van der Waals surface area contributed by atoms with Gasteiger partial charge >= 0.3 is 0 Å². The zero-order valence-electron chi connectivity index (χ0n) is 9.54. The molecule has 1 aliphatic carbocycles. The Morgan fingerprint density at radius 3 is 2.80 bits per heavy atom. The van der Waals surface area contributed by atoms with Crippen LogP contribution in [0, 0.1) is 0 Å². The van der Waals surface area contributed by atoms with Gasteiger partial charge < -0.3 is 15.2 Å². The van der Waals surface area contributed by atoms with E-state index in [1.165, 1.54) is 32.1 Å². The minimum Gasteiger partial charge on any atom is -0.377 e. The average molecular weight is 213 g/mol. The normalized spacial score (nSPS) is 30.6. The highest BCUT2D eigenvalue weighted by molar-refractivity contribution is 4.90. The summed E-state index contributed by atoms with van der Waals surface area (Å²) in [6.07, 6.45) is 9.01. The standard InChI is InChI=1S/C12H23NO2/c13-7-9-14-11-4-8-15-12(10-11)5-2-1-3-6-12/h11H,1-10,13H2. The van der Waals surface area contributed by atoms with E-state index >= 15 is 0 Å². The van der Waals surface area contributed by atoms with Gasteiger partial charge in [0, 0.05) is 19.6 Å². The van der Waals surface area contributed by atoms with Gasteiger partial charge in [-0.3, -0.25) is 0 Å². The molecule has 2 fully saturated rings. The zero-order valence-corrected chi connectivity index (χ0v) is 9.54. The quantitative estimate of drug-likeness (QED) is 0.778. The van der Waals surface area contributed by atoms with E-state index in [9.17, 15) is 0 Å². The molecule has 0 aromatic heterocycles. The number of hydrogen-bond acceptors (Lipinski definition) is 3. The van der Waals surface area contributed by atoms with Crippen molar-refractivity contribution in [3.8, 4) is 0 Å². The summed E-state index contributed by atoms with van der Waals surface area (Å²) in [4.78, 5) is 0. The van der Waals surface area contributed by atoms with Gasteiger partial charge in [-0.1, -0.05) is 19.3 Å². The lowest BCUT2D eigenvalue weighted by molar-refractivity contribution is -0.147. The van der Waals surface area contributed by atoms with Crippen LogP contribution in [0.4, 0.5) is 0 Å². The second kappa shape index (κ2) is 5.28. The first-order valence-corrected chi connectivity index (χ1v) is 6.30. The van der Waals surface area contributed by atoms with Crippen molar-refractivity contribution >= 4 is 0 Å². The van der Waals surface area contributed by atoms with Crippen LogP contribution >= 0.6 is 0 Å². The molecule has 2 aliphatic rings. The smallest absolute Gasteiger partial charge is 0.0707 e. The van der Waals surface area contributed by atoms with Crippen LogP contribution in [-0.4, -0.2) is 31.5 Å². The van der Waals surface area contributed by atoms with Crippen LogP contribution in [0.5, 0.6) is 0 Å². The monoisotopic (exact) mass is 213 g/mol. The molecule has 0 bridgehead atoms. The van der Waals surface area contributed by atoms with E-state index in [1.807, 2.05) is 0 Å². The molecule has 1 unspecified atom stereocenters. The Kier molecular flexibility index (Phi) is 4.00. The summed E-state index contributed by atoms with van der Waals surface area (Å²) in [5.41, 5.74) is 5.62. The van der Waals surface area contributed by atoms with Gasteiger partial charge in [-0.25, -0.2) is 0 Å². The molecular weight excluding hydrogens is 190 g/mol. The van der Waals surface area contributed by atoms with Gasteiger partial charge in [0.05, 0.1) is 18.3 Å². The molecular formula is C12H23NO2. The molecule has 1 saturated carbocycles. The summed E-state index contributed by atoms with van der Waals surface area (Å²) in [7, 11) is 0. The lowest BCUT2D eigenvalue weighted by Gasteiger charge is -2.43. The molecule has 88 valence electrons. The van der Waals surface area contributed by atoms with Crippen molar-refractivity contribution in [2.24, 2.45) is 5.73 Å². The van der Waals surface area contributed by atoms with Crippen molar-refractivity contribution in [3.63, 3.8) is 0 Å². The van der Waals surface area contributed by atoms with E-state index in [1.54, 1.807) is 0 Å². The maximum Gasteiger partial charge on any atom is 0.0707 e. The Balaban J connectivity index is 1.85. The summed E-state index contributed by atoms with van der Waals surface area (Å²) in [6.45, 7) is 2.19. The SMILES string of the molecule is NCCOC1CCOC2(CCCCC2)C1. The lowest BCUT2D eigenvalue weighted by Crippen LogP contribution is -2.44. The second-order valence-corrected chi connectivity index (χ2v) is 4.87. The van der Waals surface area contributed by atoms with Crippen molar-refractivity contribution in [2.45, 2.75) is 56.7 Å². The zero-order chi connectivity index (χ0) is 10.6. The van der Waals surface area contributed by atoms with E-state index in [2.05, 4.69) is 0 Å². The Labute approximate surface area is 92.3 Å². The van der Waals surface area contributed by atoms with Crippen LogP contribution in [-0.2, 0) is 9.47 Å². The molecule has 2 rings (SSSR count). The van der Waals surface area contributed by atoms with Gasteiger partial charge in [-0.05, 0) is 19.3 Å². The molecule has 3 nitrogen and oxygen atoms in total. The maximum atomic E-state index is 6.01. The fraction of sp³-hybridized carbons (Fsp3) is 1.00. The van der Waals surface area contributed by atoms with Crippen molar-refractivity contribution in [1.29, 1.82) is 0 Å². The van der Waals surface area contributed by atoms with E-state index < -0.39 is 0 Å². The molecule has 3 heteroatoms. The third-order valence-corrected chi connectivity index (χ3v) is 3.68. The molecule has 1 atom stereocenters. The van der Waals surface area contributed by atoms with Gasteiger partial charge in [0.25, 0.3) is 0 Å². The van der Waals surface area contributed by atoms with E-state index in [0.29, 0.717) is 19.3 Å². The highest BCUT2D eigenvalue weighted by Gasteiger charge is 2.38. The Bertz CT molecular complexity index is 185. The van der Waals surface area contributed by atoms with Crippen LogP contribution in [0.3, 0.4) is 0 Å². The molecule has 1 aliphatic heterocycles. The van der Waals surface area contributed by atoms with Crippen LogP contribution < -0.4 is 5.73 Å². The van der Waals surface area contributed by atoms with Gasteiger partial charge in [0.1, 0.15) is 0 Å². The van der Waals surface area contributed by atoms with Gasteiger partial charge in [0.15, 0.2) is 0 Å². The number of nitrogens with two attached hydrogens (primary N) is 1. The summed E-state index contributed by atoms with van der Waals surface area (Å²) in [5.74, 6) is 0. The Hall–Kier alpha value is -0.120. The van der Waals surface area contributed by atoms with Crippen LogP contribution in [0.2, 0.25) is 0 Å². The molecule has 0 aromatic carbocycles. The van der Waals surface area contributed by atoms with Gasteiger partial charge in [0.2, 0.25) is 0 Å². The van der Waals surface area contributed by atoms with Crippen molar-refractivity contribution in [2.75, 3.05) is 19.8 Å². The lowest BCUT2D eigenvalue weighted by atomic mass is 9.79. The van der Waals surface area contributed by atoms with Crippen molar-refractivity contribution in [1.82, 2.24) is 0 Å². The fourth-order valence-corrected chi connectivity index (χ4v) is 2.90. The predicted molar refractivity (Wildman–Crippen MR) is 59.8 cm³/mol. The summed E-state index contributed by atoms with van der Waals surface area (Å²) < 4.78 is 11.8. The first-order chi connectivity index (χ1) is 7.35. The third-order valence-electron chi connectivity index (χ3n) is 3.68. The highest BCUT2D eigenvalue weighted by Crippen LogP contribution is 2.39. The predicted octanol–water partition coefficient (Wildman–Crippen LogP) is 1.84. The molecule has 2 N–H and O–H groups in total. The van der Waals surface area contributed by atoms with E-state index in [-0.39, 0.29) is 5.60 Å². The molecule has 1 saturated heterocycles. The summed E-state index contributed by atoms with van der Waals surface area (Å²) >= 11 is 0. The Morgan fingerprint density at radius 2 is 2.07 bits per heavy atom. The topological polar surface area (TPSA) is 44.5 Å². The largest absolute Gasteiger partial charge is 0.377 e. The second-order valence-electron chi connectivity index (χ2n) is 4.87. The molecule has 0 aromatic rings. The van der Waals surface area contributed by atoms with E-state index in [4.69, 9.17) is 15.2 Å². The molecule has 0 radical (unpaired) electrons. The molecule has 0 amide bonds. The number of rotatable bonds is 3. The molecule has 1 heterocycles. The molecule has 15 heavy (non-hydrogen) atoms. The average Bonchev–Trinajstić information content (AvgIpc) is 2.28. The number of hydrogen-bond donors (Lipinski definition) is 1. The summed E-state index contributed by atoms with van der Waals surface area (Å²) in [6, 6.07) is 0. The minimum absolute atomic E-state index is 0.162. The first-order valence-electron chi connectivity index (χ1n) is 6.30. The van der Waals surface area contributed by atoms with Crippen molar-refractivity contribution < 1.29 is 9.47 Å². The highest BCUT2D eigenvalue weighted by atomic mass is 16.5.